The Morgan fingerprint density at radius 1 is 0.485 bits per heavy atom. The van der Waals surface area contributed by atoms with Gasteiger partial charge >= 0.3 is 11.9 Å². The lowest BCUT2D eigenvalue weighted by Gasteiger charge is -2.35. The minimum Gasteiger partial charge on any atom is -0.498 e. The topological polar surface area (TPSA) is 112 Å². The Hall–Kier alpha value is -3.56. The maximum absolute atomic E-state index is 13.4. The molecule has 0 aromatic rings. The van der Waals surface area contributed by atoms with Gasteiger partial charge in [0.15, 0.2) is 0 Å². The van der Waals surface area contributed by atoms with Crippen LogP contribution in [0.15, 0.2) is 50.0 Å². The normalized spacial score (nSPS) is 39.2. The molecule has 364 valence electrons. The van der Waals surface area contributed by atoms with E-state index in [2.05, 4.69) is 31.2 Å². The van der Waals surface area contributed by atoms with E-state index in [1.807, 2.05) is 18.7 Å². The first-order chi connectivity index (χ1) is 31.9. The van der Waals surface area contributed by atoms with Crippen LogP contribution >= 0.6 is 0 Å². The molecule has 66 heavy (non-hydrogen) atoms. The Balaban J connectivity index is 0.686. The number of carbonyl (C=O) groups excluding carboxylic acids is 4. The quantitative estimate of drug-likeness (QED) is 0.0408. The highest BCUT2D eigenvalue weighted by Crippen LogP contribution is 2.64. The molecule has 9 rings (SSSR count). The summed E-state index contributed by atoms with van der Waals surface area (Å²) < 4.78 is 23.6. The number of esters is 2. The molecule has 10 nitrogen and oxygen atoms in total. The SMILES string of the molecule is C=CC(=C)OCC1CC2CC1C1CC(COC(=O)CCN(CC3CC4C5CC(CN(CCC(=C)OCC6CC7C8CC(COC(=O)C=C)C(C8)C7C6)C(=O)CC)C(C5)C4C3)C(=O)CC)CC21. The summed E-state index contributed by atoms with van der Waals surface area (Å²) in [7, 11) is 0. The molecule has 0 saturated heterocycles. The third-order valence-corrected chi connectivity index (χ3v) is 19.9. The van der Waals surface area contributed by atoms with Crippen LogP contribution in [0.2, 0.25) is 0 Å². The van der Waals surface area contributed by atoms with Crippen molar-refractivity contribution in [3.8, 4) is 0 Å². The van der Waals surface area contributed by atoms with E-state index in [9.17, 15) is 19.2 Å². The fraction of sp³-hybridized carbons (Fsp3) is 0.786. The van der Waals surface area contributed by atoms with Crippen LogP contribution < -0.4 is 0 Å². The van der Waals surface area contributed by atoms with Gasteiger partial charge in [-0.05, 0) is 190 Å². The molecular weight excluding hydrogens is 829 g/mol. The number of nitrogens with zero attached hydrogens (tertiary/aromatic N) is 2. The first kappa shape index (κ1) is 47.5. The summed E-state index contributed by atoms with van der Waals surface area (Å²) in [5.41, 5.74) is 0. The zero-order chi connectivity index (χ0) is 46.2. The van der Waals surface area contributed by atoms with Crippen molar-refractivity contribution in [2.75, 3.05) is 52.6 Å². The van der Waals surface area contributed by atoms with Gasteiger partial charge in [0.2, 0.25) is 11.8 Å². The van der Waals surface area contributed by atoms with E-state index in [-0.39, 0.29) is 30.2 Å². The van der Waals surface area contributed by atoms with Crippen molar-refractivity contribution in [3.05, 3.63) is 50.0 Å². The summed E-state index contributed by atoms with van der Waals surface area (Å²) in [6, 6.07) is 0. The lowest BCUT2D eigenvalue weighted by Crippen LogP contribution is -2.39. The van der Waals surface area contributed by atoms with Crippen LogP contribution in [0.5, 0.6) is 0 Å². The lowest BCUT2D eigenvalue weighted by atomic mass is 9.75. The van der Waals surface area contributed by atoms with Crippen molar-refractivity contribution in [2.45, 2.75) is 117 Å². The molecule has 9 fully saturated rings. The Kier molecular flexibility index (Phi) is 14.8. The number of allylic oxidation sites excluding steroid dienone is 1. The fourth-order valence-corrected chi connectivity index (χ4v) is 17.3. The van der Waals surface area contributed by atoms with Crippen LogP contribution in [0.1, 0.15) is 117 Å². The molecule has 0 heterocycles. The average Bonchev–Trinajstić information content (AvgIpc) is 4.18. The van der Waals surface area contributed by atoms with Gasteiger partial charge in [-0.15, -0.1) is 0 Å². The van der Waals surface area contributed by atoms with Crippen molar-refractivity contribution in [3.63, 3.8) is 0 Å². The van der Waals surface area contributed by atoms with Gasteiger partial charge in [0.25, 0.3) is 0 Å². The Morgan fingerprint density at radius 2 is 0.955 bits per heavy atom. The monoisotopic (exact) mass is 911 g/mol. The molecule has 9 saturated carbocycles. The van der Waals surface area contributed by atoms with Gasteiger partial charge in [-0.3, -0.25) is 14.4 Å². The second-order valence-electron chi connectivity index (χ2n) is 23.2. The van der Waals surface area contributed by atoms with E-state index in [1.165, 1.54) is 70.3 Å². The molecule has 10 heteroatoms. The molecule has 18 atom stereocenters. The summed E-state index contributed by atoms with van der Waals surface area (Å²) in [4.78, 5) is 55.5. The molecule has 0 radical (unpaired) electrons. The number of hydrogen-bond donors (Lipinski definition) is 0. The van der Waals surface area contributed by atoms with E-state index in [4.69, 9.17) is 18.9 Å². The van der Waals surface area contributed by atoms with Crippen molar-refractivity contribution >= 4 is 23.8 Å². The highest BCUT2D eigenvalue weighted by atomic mass is 16.5. The molecule has 0 aromatic heterocycles. The zero-order valence-electron chi connectivity index (χ0n) is 40.5. The Bertz CT molecular complexity index is 1850. The fourth-order valence-electron chi connectivity index (χ4n) is 17.3. The van der Waals surface area contributed by atoms with Crippen LogP contribution in [0.4, 0.5) is 0 Å². The van der Waals surface area contributed by atoms with E-state index in [0.29, 0.717) is 135 Å². The molecule has 6 bridgehead atoms. The first-order valence-electron chi connectivity index (χ1n) is 26.7. The van der Waals surface area contributed by atoms with E-state index >= 15 is 0 Å². The molecule has 18 unspecified atom stereocenters. The Labute approximate surface area is 396 Å². The molecule has 0 N–H and O–H groups in total. The number of fused-ring (bicyclic) bond motifs is 15. The average molecular weight is 911 g/mol. The van der Waals surface area contributed by atoms with Gasteiger partial charge in [-0.1, -0.05) is 40.2 Å². The van der Waals surface area contributed by atoms with Crippen LogP contribution in [-0.2, 0) is 38.1 Å². The Morgan fingerprint density at radius 3 is 1.52 bits per heavy atom. The maximum Gasteiger partial charge on any atom is 0.330 e. The standard InChI is InChI=1S/C56H82N2O8/c1-7-33(5)64-31-42-22-39-25-48(42)52-20-37(18-46(39)52)30-65-56(62)12-14-57(53(59)8-2)27-35-15-44-38-21-41(47(24-38)50(44)16-35)28-58(54(60)9-3)13-11-34(6)63-29-36-17-45-40-23-43(32-66-55(61)10-4)49(26-40)51(45)19-36/h7,10,35-52H,1,4-6,8-9,11-32H2,2-3H3. The highest BCUT2D eigenvalue weighted by molar-refractivity contribution is 5.81. The molecular formula is C56H82N2O8. The zero-order valence-corrected chi connectivity index (χ0v) is 40.5. The van der Waals surface area contributed by atoms with Crippen LogP contribution in [-0.4, -0.2) is 86.2 Å². The van der Waals surface area contributed by atoms with Crippen LogP contribution in [0.3, 0.4) is 0 Å². The van der Waals surface area contributed by atoms with Gasteiger partial charge in [-0.2, -0.15) is 0 Å². The summed E-state index contributed by atoms with van der Waals surface area (Å²) in [6.45, 7) is 24.6. The largest absolute Gasteiger partial charge is 0.498 e. The minimum atomic E-state index is -0.314. The van der Waals surface area contributed by atoms with Crippen LogP contribution in [0.25, 0.3) is 0 Å². The summed E-state index contributed by atoms with van der Waals surface area (Å²) in [5.74, 6) is 12.9. The predicted molar refractivity (Wildman–Crippen MR) is 254 cm³/mol. The van der Waals surface area contributed by atoms with Crippen molar-refractivity contribution in [1.82, 2.24) is 9.80 Å². The molecule has 9 aliphatic carbocycles. The predicted octanol–water partition coefficient (Wildman–Crippen LogP) is 9.66. The molecule has 2 amide bonds. The van der Waals surface area contributed by atoms with Gasteiger partial charge in [-0.25, -0.2) is 4.79 Å². The number of rotatable bonds is 24. The second-order valence-corrected chi connectivity index (χ2v) is 23.2. The number of hydrogen-bond acceptors (Lipinski definition) is 8. The van der Waals surface area contributed by atoms with E-state index < -0.39 is 0 Å². The first-order valence-corrected chi connectivity index (χ1v) is 26.7. The van der Waals surface area contributed by atoms with Crippen molar-refractivity contribution in [2.24, 2.45) is 107 Å². The van der Waals surface area contributed by atoms with Crippen molar-refractivity contribution in [1.29, 1.82) is 0 Å². The molecule has 0 spiro atoms. The third kappa shape index (κ3) is 9.96. The van der Waals surface area contributed by atoms with Crippen LogP contribution in [0, 0.1) is 107 Å². The van der Waals surface area contributed by atoms with E-state index in [0.717, 1.165) is 67.9 Å². The van der Waals surface area contributed by atoms with Gasteiger partial charge in [0, 0.05) is 51.5 Å². The second kappa shape index (κ2) is 20.6. The highest BCUT2D eigenvalue weighted by Gasteiger charge is 2.58. The van der Waals surface area contributed by atoms with Gasteiger partial charge in [0.05, 0.1) is 38.6 Å². The molecule has 0 aliphatic heterocycles. The molecule has 0 aromatic carbocycles. The third-order valence-electron chi connectivity index (χ3n) is 19.9. The number of amides is 2. The summed E-state index contributed by atoms with van der Waals surface area (Å²) in [6.07, 6.45) is 19.4. The smallest absolute Gasteiger partial charge is 0.330 e. The van der Waals surface area contributed by atoms with E-state index in [1.54, 1.807) is 6.08 Å². The van der Waals surface area contributed by atoms with Crippen molar-refractivity contribution < 1.29 is 38.1 Å². The van der Waals surface area contributed by atoms with Gasteiger partial charge in [0.1, 0.15) is 5.76 Å². The van der Waals surface area contributed by atoms with Gasteiger partial charge < -0.3 is 28.7 Å². The molecule has 9 aliphatic rings. The summed E-state index contributed by atoms with van der Waals surface area (Å²) >= 11 is 0. The lowest BCUT2D eigenvalue weighted by molar-refractivity contribution is -0.146. The number of carbonyl (C=O) groups is 4. The minimum absolute atomic E-state index is 0.130. The summed E-state index contributed by atoms with van der Waals surface area (Å²) in [5, 5.41) is 0. The number of ether oxygens (including phenoxy) is 4. The maximum atomic E-state index is 13.4.